The maximum Gasteiger partial charge on any atom is 0.205 e. The highest BCUT2D eigenvalue weighted by molar-refractivity contribution is 6.31. The number of carbonyl (C=O) groups excluding carboxylic acids is 1. The fourth-order valence-electron chi connectivity index (χ4n) is 2.93. The van der Waals surface area contributed by atoms with Crippen LogP contribution in [0.1, 0.15) is 30.7 Å². The number of carbonyl (C=O) groups is 1. The number of nitrogens with two attached hydrogens (primary N) is 1. The van der Waals surface area contributed by atoms with Crippen molar-refractivity contribution in [2.75, 3.05) is 0 Å². The van der Waals surface area contributed by atoms with Gasteiger partial charge in [0, 0.05) is 29.0 Å². The van der Waals surface area contributed by atoms with E-state index in [4.69, 9.17) is 22.1 Å². The van der Waals surface area contributed by atoms with Crippen LogP contribution in [-0.2, 0) is 9.53 Å². The molecule has 0 saturated carbocycles. The van der Waals surface area contributed by atoms with Gasteiger partial charge in [0.25, 0.3) is 0 Å². The third-order valence-corrected chi connectivity index (χ3v) is 4.22. The molecule has 6 heteroatoms. The Hall–Kier alpha value is -2.32. The molecular weight excluding hydrogens is 307 g/mol. The van der Waals surface area contributed by atoms with Crippen LogP contribution in [0.5, 0.6) is 0 Å². The highest BCUT2D eigenvalue weighted by Gasteiger charge is 2.40. The molecule has 1 aliphatic heterocycles. The molecule has 0 spiro atoms. The van der Waals surface area contributed by atoms with Crippen LogP contribution >= 0.6 is 11.6 Å². The van der Waals surface area contributed by atoms with E-state index in [0.29, 0.717) is 30.6 Å². The summed E-state index contributed by atoms with van der Waals surface area (Å²) >= 11 is 6.12. The Morgan fingerprint density at radius 2 is 2.18 bits per heavy atom. The molecule has 0 aromatic heterocycles. The van der Waals surface area contributed by atoms with Gasteiger partial charge in [0.1, 0.15) is 23.2 Å². The number of nitrogens with zero attached hydrogens (tertiary/aromatic N) is 1. The number of Topliss-reactive ketones (excluding diaryl/α,β-unsaturated/α-hetero) is 1. The van der Waals surface area contributed by atoms with Crippen LogP contribution in [0.2, 0.25) is 5.02 Å². The highest BCUT2D eigenvalue weighted by Crippen LogP contribution is 2.45. The van der Waals surface area contributed by atoms with Crippen molar-refractivity contribution in [3.05, 3.63) is 57.4 Å². The van der Waals surface area contributed by atoms with Crippen molar-refractivity contribution in [1.82, 2.24) is 0 Å². The highest BCUT2D eigenvalue weighted by atomic mass is 35.5. The second-order valence-corrected chi connectivity index (χ2v) is 5.58. The summed E-state index contributed by atoms with van der Waals surface area (Å²) < 4.78 is 19.7. The van der Waals surface area contributed by atoms with Crippen molar-refractivity contribution in [3.8, 4) is 6.07 Å². The lowest BCUT2D eigenvalue weighted by Gasteiger charge is -2.31. The van der Waals surface area contributed by atoms with Gasteiger partial charge in [-0.1, -0.05) is 17.7 Å². The van der Waals surface area contributed by atoms with Gasteiger partial charge in [0.05, 0.1) is 5.92 Å². The van der Waals surface area contributed by atoms with Crippen molar-refractivity contribution >= 4 is 17.4 Å². The Labute approximate surface area is 131 Å². The molecule has 1 aromatic rings. The molecule has 0 fully saturated rings. The van der Waals surface area contributed by atoms with E-state index in [-0.39, 0.29) is 27.8 Å². The zero-order valence-electron chi connectivity index (χ0n) is 11.5. The smallest absolute Gasteiger partial charge is 0.205 e. The number of allylic oxidation sites excluding steroid dienone is 3. The molecule has 0 radical (unpaired) electrons. The Bertz CT molecular complexity index is 757. The maximum absolute atomic E-state index is 14.3. The SMILES string of the molecule is N#CC1=C(N)OC2=C(C(=O)CCC2)[C@@H]1c1c(F)cccc1Cl. The monoisotopic (exact) mass is 318 g/mol. The van der Waals surface area contributed by atoms with Crippen molar-refractivity contribution in [2.24, 2.45) is 5.73 Å². The zero-order valence-corrected chi connectivity index (χ0v) is 12.3. The van der Waals surface area contributed by atoms with Gasteiger partial charge in [-0.15, -0.1) is 0 Å². The summed E-state index contributed by atoms with van der Waals surface area (Å²) in [6, 6.07) is 6.17. The summed E-state index contributed by atoms with van der Waals surface area (Å²) in [4.78, 5) is 12.3. The summed E-state index contributed by atoms with van der Waals surface area (Å²) in [5.41, 5.74) is 6.20. The van der Waals surface area contributed by atoms with Crippen molar-refractivity contribution < 1.29 is 13.9 Å². The summed E-state index contributed by atoms with van der Waals surface area (Å²) in [5.74, 6) is -1.33. The topological polar surface area (TPSA) is 76.1 Å². The third kappa shape index (κ3) is 2.16. The number of nitriles is 1. The van der Waals surface area contributed by atoms with Crippen molar-refractivity contribution in [3.63, 3.8) is 0 Å². The van der Waals surface area contributed by atoms with E-state index in [0.717, 1.165) is 0 Å². The molecule has 22 heavy (non-hydrogen) atoms. The van der Waals surface area contributed by atoms with Crippen LogP contribution in [0.15, 0.2) is 41.0 Å². The molecule has 3 rings (SSSR count). The molecule has 1 atom stereocenters. The first-order valence-electron chi connectivity index (χ1n) is 6.82. The minimum absolute atomic E-state index is 0.0148. The fraction of sp³-hybridized carbons (Fsp3) is 0.250. The van der Waals surface area contributed by atoms with Gasteiger partial charge >= 0.3 is 0 Å². The Morgan fingerprint density at radius 1 is 1.41 bits per heavy atom. The predicted octanol–water partition coefficient (Wildman–Crippen LogP) is 3.29. The second kappa shape index (κ2) is 5.47. The lowest BCUT2D eigenvalue weighted by Crippen LogP contribution is -2.28. The van der Waals surface area contributed by atoms with Crippen LogP contribution in [0.3, 0.4) is 0 Å². The molecule has 0 unspecified atom stereocenters. The first-order chi connectivity index (χ1) is 10.5. The Morgan fingerprint density at radius 3 is 2.86 bits per heavy atom. The van der Waals surface area contributed by atoms with E-state index in [9.17, 15) is 14.4 Å². The standard InChI is InChI=1S/C16H12ClFN2O2/c17-9-3-1-4-10(18)14(9)13-8(7-19)16(20)22-12-6-2-5-11(21)15(12)13/h1,3-4,13H,2,5-6,20H2/t13-/m0/s1. The molecule has 0 saturated heterocycles. The van der Waals surface area contributed by atoms with E-state index in [2.05, 4.69) is 0 Å². The average Bonchev–Trinajstić information content (AvgIpc) is 2.46. The summed E-state index contributed by atoms with van der Waals surface area (Å²) in [6.45, 7) is 0. The van der Waals surface area contributed by atoms with Crippen molar-refractivity contribution in [1.29, 1.82) is 5.26 Å². The summed E-state index contributed by atoms with van der Waals surface area (Å²) in [7, 11) is 0. The first-order valence-corrected chi connectivity index (χ1v) is 7.20. The van der Waals surface area contributed by atoms with Crippen LogP contribution in [-0.4, -0.2) is 5.78 Å². The average molecular weight is 319 g/mol. The fourth-order valence-corrected chi connectivity index (χ4v) is 3.20. The normalized spacial score (nSPS) is 21.3. The number of ether oxygens (including phenoxy) is 1. The molecule has 1 aromatic carbocycles. The number of ketones is 1. The number of benzene rings is 1. The molecule has 2 N–H and O–H groups in total. The van der Waals surface area contributed by atoms with Crippen molar-refractivity contribution in [2.45, 2.75) is 25.2 Å². The molecule has 2 aliphatic rings. The van der Waals surface area contributed by atoms with Gasteiger partial charge in [-0.3, -0.25) is 4.79 Å². The minimum atomic E-state index is -0.907. The molecule has 112 valence electrons. The van der Waals surface area contributed by atoms with Crippen LogP contribution in [0.25, 0.3) is 0 Å². The van der Waals surface area contributed by atoms with Gasteiger partial charge in [-0.25, -0.2) is 4.39 Å². The Kier molecular flexibility index (Phi) is 3.63. The molecular formula is C16H12ClFN2O2. The first kappa shape index (κ1) is 14.6. The zero-order chi connectivity index (χ0) is 15.9. The number of hydrogen-bond donors (Lipinski definition) is 1. The van der Waals surface area contributed by atoms with Crippen LogP contribution in [0.4, 0.5) is 4.39 Å². The van der Waals surface area contributed by atoms with Crippen LogP contribution in [0, 0.1) is 17.1 Å². The van der Waals surface area contributed by atoms with Gasteiger partial charge in [-0.2, -0.15) is 5.26 Å². The van der Waals surface area contributed by atoms with Gasteiger partial charge in [0.15, 0.2) is 5.78 Å². The largest absolute Gasteiger partial charge is 0.444 e. The third-order valence-electron chi connectivity index (χ3n) is 3.89. The van der Waals surface area contributed by atoms with E-state index in [1.807, 2.05) is 6.07 Å². The summed E-state index contributed by atoms with van der Waals surface area (Å²) in [6.07, 6.45) is 1.51. The Balaban J connectivity index is 2.28. The minimum Gasteiger partial charge on any atom is -0.444 e. The number of rotatable bonds is 1. The van der Waals surface area contributed by atoms with E-state index in [1.54, 1.807) is 0 Å². The van der Waals surface area contributed by atoms with E-state index < -0.39 is 11.7 Å². The summed E-state index contributed by atoms with van der Waals surface area (Å²) in [5, 5.41) is 9.53. The van der Waals surface area contributed by atoms with E-state index >= 15 is 0 Å². The maximum atomic E-state index is 14.3. The predicted molar refractivity (Wildman–Crippen MR) is 77.9 cm³/mol. The second-order valence-electron chi connectivity index (χ2n) is 5.17. The molecule has 0 bridgehead atoms. The van der Waals surface area contributed by atoms with E-state index in [1.165, 1.54) is 18.2 Å². The molecule has 4 nitrogen and oxygen atoms in total. The number of hydrogen-bond acceptors (Lipinski definition) is 4. The number of halogens is 2. The van der Waals surface area contributed by atoms with Gasteiger partial charge in [-0.05, 0) is 18.6 Å². The quantitative estimate of drug-likeness (QED) is 0.862. The molecule has 1 aliphatic carbocycles. The molecule has 0 amide bonds. The lowest BCUT2D eigenvalue weighted by atomic mass is 9.77. The lowest BCUT2D eigenvalue weighted by molar-refractivity contribution is -0.116. The molecule has 1 heterocycles. The van der Waals surface area contributed by atoms with Gasteiger partial charge in [0.2, 0.25) is 5.88 Å². The van der Waals surface area contributed by atoms with Crippen LogP contribution < -0.4 is 5.73 Å². The van der Waals surface area contributed by atoms with Gasteiger partial charge < -0.3 is 10.5 Å².